The molecule has 136 valence electrons. The van der Waals surface area contributed by atoms with Crippen molar-refractivity contribution < 1.29 is 9.32 Å². The van der Waals surface area contributed by atoms with Gasteiger partial charge in [-0.25, -0.2) is 4.79 Å². The van der Waals surface area contributed by atoms with Gasteiger partial charge < -0.3 is 14.7 Å². The molecule has 1 N–H and O–H groups in total. The largest absolute Gasteiger partial charge is 0.339 e. The van der Waals surface area contributed by atoms with Crippen LogP contribution in [-0.4, -0.2) is 43.9 Å². The zero-order chi connectivity index (χ0) is 17.8. The number of carbonyl (C=O) groups is 1. The fourth-order valence-electron chi connectivity index (χ4n) is 3.11. The van der Waals surface area contributed by atoms with Gasteiger partial charge in [-0.05, 0) is 19.3 Å². The van der Waals surface area contributed by atoms with E-state index in [1.165, 1.54) is 0 Å². The molecule has 3 rings (SSSR count). The first-order valence-electron chi connectivity index (χ1n) is 8.90. The van der Waals surface area contributed by atoms with Gasteiger partial charge in [0.2, 0.25) is 5.89 Å². The molecule has 3 heterocycles. The molecule has 0 bridgehead atoms. The number of carbonyl (C=O) groups excluding carboxylic acids is 1. The summed E-state index contributed by atoms with van der Waals surface area (Å²) in [7, 11) is 1.89. The molecule has 1 atom stereocenters. The molecular formula is C17H26N6O2. The fraction of sp³-hybridized carbons (Fsp3) is 0.647. The molecule has 1 saturated heterocycles. The lowest BCUT2D eigenvalue weighted by Gasteiger charge is -2.24. The van der Waals surface area contributed by atoms with E-state index in [9.17, 15) is 4.79 Å². The number of likely N-dealkylation sites (tertiary alicyclic amines) is 1. The molecule has 0 saturated carbocycles. The molecule has 2 aromatic heterocycles. The van der Waals surface area contributed by atoms with Gasteiger partial charge in [0, 0.05) is 44.2 Å². The molecule has 8 nitrogen and oxygen atoms in total. The van der Waals surface area contributed by atoms with E-state index >= 15 is 0 Å². The highest BCUT2D eigenvalue weighted by molar-refractivity contribution is 5.75. The van der Waals surface area contributed by atoms with Gasteiger partial charge in [-0.15, -0.1) is 0 Å². The van der Waals surface area contributed by atoms with Gasteiger partial charge in [-0.1, -0.05) is 19.0 Å². The van der Waals surface area contributed by atoms with Crippen LogP contribution in [0.4, 0.5) is 4.79 Å². The van der Waals surface area contributed by atoms with E-state index in [0.717, 1.165) is 37.2 Å². The van der Waals surface area contributed by atoms with Crippen LogP contribution in [-0.2, 0) is 13.5 Å². The summed E-state index contributed by atoms with van der Waals surface area (Å²) in [4.78, 5) is 18.7. The quantitative estimate of drug-likeness (QED) is 0.811. The number of nitrogens with zero attached hydrogens (tertiary/aromatic N) is 5. The van der Waals surface area contributed by atoms with E-state index in [0.29, 0.717) is 18.9 Å². The Kier molecular flexibility index (Phi) is 5.35. The Bertz CT molecular complexity index is 708. The minimum absolute atomic E-state index is 0.0141. The number of amides is 2. The number of rotatable bonds is 6. The van der Waals surface area contributed by atoms with Crippen molar-refractivity contribution in [2.45, 2.75) is 51.5 Å². The average Bonchev–Trinajstić information content (AvgIpc) is 3.30. The van der Waals surface area contributed by atoms with Crippen molar-refractivity contribution in [2.24, 2.45) is 7.05 Å². The van der Waals surface area contributed by atoms with Crippen LogP contribution in [0.3, 0.4) is 0 Å². The Morgan fingerprint density at radius 3 is 3.00 bits per heavy atom. The lowest BCUT2D eigenvalue weighted by molar-refractivity contribution is 0.193. The minimum atomic E-state index is -0.0141. The molecule has 2 aromatic rings. The number of hydrogen-bond donors (Lipinski definition) is 1. The maximum Gasteiger partial charge on any atom is 0.317 e. The highest BCUT2D eigenvalue weighted by Crippen LogP contribution is 2.31. The summed E-state index contributed by atoms with van der Waals surface area (Å²) in [5.41, 5.74) is 1.10. The molecule has 0 aromatic carbocycles. The van der Waals surface area contributed by atoms with Crippen LogP contribution in [0.1, 0.15) is 62.3 Å². The van der Waals surface area contributed by atoms with Crippen LogP contribution < -0.4 is 5.32 Å². The topological polar surface area (TPSA) is 89.1 Å². The maximum absolute atomic E-state index is 12.5. The van der Waals surface area contributed by atoms with E-state index < -0.39 is 0 Å². The van der Waals surface area contributed by atoms with E-state index in [1.54, 1.807) is 4.68 Å². The maximum atomic E-state index is 12.5. The van der Waals surface area contributed by atoms with Crippen molar-refractivity contribution in [1.82, 2.24) is 30.1 Å². The summed E-state index contributed by atoms with van der Waals surface area (Å²) < 4.78 is 6.99. The summed E-state index contributed by atoms with van der Waals surface area (Å²) in [5, 5.41) is 11.2. The molecule has 8 heteroatoms. The van der Waals surface area contributed by atoms with Crippen LogP contribution in [0.2, 0.25) is 0 Å². The highest BCUT2D eigenvalue weighted by atomic mass is 16.5. The predicted octanol–water partition coefficient (Wildman–Crippen LogP) is 2.41. The lowest BCUT2D eigenvalue weighted by Crippen LogP contribution is -2.39. The summed E-state index contributed by atoms with van der Waals surface area (Å²) in [5.74, 6) is 1.62. The van der Waals surface area contributed by atoms with Crippen LogP contribution >= 0.6 is 0 Å². The van der Waals surface area contributed by atoms with E-state index in [-0.39, 0.29) is 18.0 Å². The van der Waals surface area contributed by atoms with Gasteiger partial charge in [0.05, 0.1) is 12.2 Å². The molecule has 1 aliphatic rings. The molecule has 1 aliphatic heterocycles. The molecule has 0 radical (unpaired) electrons. The third-order valence-electron chi connectivity index (χ3n) is 4.47. The average molecular weight is 346 g/mol. The van der Waals surface area contributed by atoms with Gasteiger partial charge >= 0.3 is 6.03 Å². The van der Waals surface area contributed by atoms with Crippen molar-refractivity contribution in [3.63, 3.8) is 0 Å². The predicted molar refractivity (Wildman–Crippen MR) is 92.0 cm³/mol. The Morgan fingerprint density at radius 1 is 1.48 bits per heavy atom. The minimum Gasteiger partial charge on any atom is -0.339 e. The van der Waals surface area contributed by atoms with Crippen molar-refractivity contribution >= 4 is 6.03 Å². The van der Waals surface area contributed by atoms with Crippen LogP contribution in [0, 0.1) is 0 Å². The lowest BCUT2D eigenvalue weighted by atomic mass is 10.1. The van der Waals surface area contributed by atoms with Gasteiger partial charge in [0.1, 0.15) is 0 Å². The van der Waals surface area contributed by atoms with Crippen molar-refractivity contribution in [3.05, 3.63) is 29.7 Å². The second kappa shape index (κ2) is 7.67. The molecule has 0 spiro atoms. The molecule has 2 amide bonds. The summed E-state index contributed by atoms with van der Waals surface area (Å²) in [6.45, 7) is 5.44. The molecule has 0 aliphatic carbocycles. The first kappa shape index (κ1) is 17.4. The zero-order valence-electron chi connectivity index (χ0n) is 15.1. The van der Waals surface area contributed by atoms with Crippen molar-refractivity contribution in [3.8, 4) is 0 Å². The summed E-state index contributed by atoms with van der Waals surface area (Å²) in [6.07, 6.45) is 7.28. The van der Waals surface area contributed by atoms with Gasteiger partial charge in [0.15, 0.2) is 5.82 Å². The third kappa shape index (κ3) is 4.18. The number of hydrogen-bond acceptors (Lipinski definition) is 5. The van der Waals surface area contributed by atoms with E-state index in [2.05, 4.69) is 20.6 Å². The molecular weight excluding hydrogens is 320 g/mol. The standard InChI is InChI=1S/C17H26N6O2/c1-12(2)16-20-15(25-21-16)7-4-8-18-17(24)23-9-5-6-14(23)13-10-19-22(3)11-13/h10-12,14H,4-9H2,1-3H3,(H,18,24). The molecule has 25 heavy (non-hydrogen) atoms. The Labute approximate surface area is 147 Å². The number of nitrogens with one attached hydrogen (secondary N) is 1. The SMILES string of the molecule is CC(C)c1noc(CCCNC(=O)N2CCCC2c2cnn(C)c2)n1. The number of urea groups is 1. The van der Waals surface area contributed by atoms with Crippen molar-refractivity contribution in [1.29, 1.82) is 0 Å². The van der Waals surface area contributed by atoms with Crippen LogP contribution in [0.25, 0.3) is 0 Å². The van der Waals surface area contributed by atoms with Crippen molar-refractivity contribution in [2.75, 3.05) is 13.1 Å². The monoisotopic (exact) mass is 346 g/mol. The zero-order valence-corrected chi connectivity index (χ0v) is 15.1. The van der Waals surface area contributed by atoms with E-state index in [4.69, 9.17) is 4.52 Å². The summed E-state index contributed by atoms with van der Waals surface area (Å²) in [6, 6.07) is 0.109. The molecule has 1 unspecified atom stereocenters. The number of aryl methyl sites for hydroxylation is 2. The first-order chi connectivity index (χ1) is 12.0. The smallest absolute Gasteiger partial charge is 0.317 e. The molecule has 1 fully saturated rings. The second-order valence-corrected chi connectivity index (χ2v) is 6.84. The fourth-order valence-corrected chi connectivity index (χ4v) is 3.11. The van der Waals surface area contributed by atoms with Crippen LogP contribution in [0.5, 0.6) is 0 Å². The number of aromatic nitrogens is 4. The van der Waals surface area contributed by atoms with Crippen LogP contribution in [0.15, 0.2) is 16.9 Å². The summed E-state index contributed by atoms with van der Waals surface area (Å²) >= 11 is 0. The highest BCUT2D eigenvalue weighted by Gasteiger charge is 2.30. The Hall–Kier alpha value is -2.38. The van der Waals surface area contributed by atoms with Gasteiger partial charge in [-0.2, -0.15) is 10.1 Å². The Balaban J connectivity index is 1.45. The first-order valence-corrected chi connectivity index (χ1v) is 8.90. The second-order valence-electron chi connectivity index (χ2n) is 6.84. The normalized spacial score (nSPS) is 17.4. The van der Waals surface area contributed by atoms with Gasteiger partial charge in [-0.3, -0.25) is 4.68 Å². The third-order valence-corrected chi connectivity index (χ3v) is 4.47. The Morgan fingerprint density at radius 2 is 2.32 bits per heavy atom. The van der Waals surface area contributed by atoms with Gasteiger partial charge in [0.25, 0.3) is 0 Å². The van der Waals surface area contributed by atoms with E-state index in [1.807, 2.05) is 38.2 Å².